The number of nitrogen functional groups attached to an aromatic ring is 1. The van der Waals surface area contributed by atoms with E-state index in [1.165, 1.54) is 0 Å². The number of rotatable bonds is 4. The van der Waals surface area contributed by atoms with Crippen LogP contribution in [0.4, 0.5) is 5.69 Å². The summed E-state index contributed by atoms with van der Waals surface area (Å²) in [6.45, 7) is 5.63. The Kier molecular flexibility index (Phi) is 4.55. The van der Waals surface area contributed by atoms with Gasteiger partial charge in [0.05, 0.1) is 0 Å². The van der Waals surface area contributed by atoms with E-state index in [4.69, 9.17) is 10.5 Å². The molecule has 0 heterocycles. The fourth-order valence-electron chi connectivity index (χ4n) is 1.58. The van der Waals surface area contributed by atoms with Crippen LogP contribution in [0.25, 0.3) is 0 Å². The van der Waals surface area contributed by atoms with Crippen molar-refractivity contribution in [2.75, 3.05) is 5.73 Å². The van der Waals surface area contributed by atoms with Gasteiger partial charge in [0.25, 0.3) is 0 Å². The normalized spacial score (nSPS) is 11.2. The van der Waals surface area contributed by atoms with Gasteiger partial charge < -0.3 is 10.5 Å². The Labute approximate surface area is 103 Å². The third-order valence-electron chi connectivity index (χ3n) is 2.22. The fourth-order valence-corrected chi connectivity index (χ4v) is 1.58. The Hall–Kier alpha value is -1.51. The second-order valence-corrected chi connectivity index (χ2v) is 5.19. The third-order valence-corrected chi connectivity index (χ3v) is 2.22. The zero-order chi connectivity index (χ0) is 12.9. The minimum absolute atomic E-state index is 0.138. The molecule has 0 aliphatic carbocycles. The summed E-state index contributed by atoms with van der Waals surface area (Å²) >= 11 is 0. The van der Waals surface area contributed by atoms with Crippen LogP contribution >= 0.6 is 0 Å². The number of anilines is 1. The first-order valence-corrected chi connectivity index (χ1v) is 5.93. The first-order chi connectivity index (χ1) is 7.87. The summed E-state index contributed by atoms with van der Waals surface area (Å²) in [5, 5.41) is 0. The molecule has 0 aliphatic heterocycles. The molecule has 0 spiro atoms. The van der Waals surface area contributed by atoms with Crippen molar-refractivity contribution >= 4 is 11.7 Å². The van der Waals surface area contributed by atoms with Gasteiger partial charge in [-0.1, -0.05) is 12.1 Å². The molecule has 94 valence electrons. The van der Waals surface area contributed by atoms with Crippen LogP contribution in [0.1, 0.15) is 39.2 Å². The molecule has 3 heteroatoms. The molecule has 0 aliphatic rings. The van der Waals surface area contributed by atoms with Gasteiger partial charge in [-0.05, 0) is 51.3 Å². The van der Waals surface area contributed by atoms with Gasteiger partial charge >= 0.3 is 5.97 Å². The summed E-state index contributed by atoms with van der Waals surface area (Å²) in [6.07, 6.45) is 2.09. The Balaban J connectivity index is 2.31. The van der Waals surface area contributed by atoms with E-state index in [1.54, 1.807) is 0 Å². The van der Waals surface area contributed by atoms with Crippen molar-refractivity contribution in [3.05, 3.63) is 29.8 Å². The molecule has 0 fully saturated rings. The van der Waals surface area contributed by atoms with Crippen molar-refractivity contribution in [1.29, 1.82) is 0 Å². The van der Waals surface area contributed by atoms with Crippen LogP contribution < -0.4 is 5.73 Å². The molecule has 2 N–H and O–H groups in total. The summed E-state index contributed by atoms with van der Waals surface area (Å²) in [7, 11) is 0. The molecule has 0 bridgehead atoms. The van der Waals surface area contributed by atoms with Crippen LogP contribution in [0.5, 0.6) is 0 Å². The van der Waals surface area contributed by atoms with E-state index in [9.17, 15) is 4.79 Å². The topological polar surface area (TPSA) is 52.3 Å². The highest BCUT2D eigenvalue weighted by Crippen LogP contribution is 2.12. The standard InChI is InChI=1S/C14H21NO2/c1-14(2,3)17-13(16)9-5-7-11-6-4-8-12(15)10-11/h4,6,8,10H,5,7,9,15H2,1-3H3. The lowest BCUT2D eigenvalue weighted by atomic mass is 10.1. The van der Waals surface area contributed by atoms with Gasteiger partial charge in [-0.25, -0.2) is 0 Å². The van der Waals surface area contributed by atoms with Gasteiger partial charge in [-0.2, -0.15) is 0 Å². The highest BCUT2D eigenvalue weighted by molar-refractivity contribution is 5.69. The molecule has 0 unspecified atom stereocenters. The molecule has 0 saturated carbocycles. The minimum Gasteiger partial charge on any atom is -0.460 e. The molecule has 0 atom stereocenters. The average molecular weight is 235 g/mol. The van der Waals surface area contributed by atoms with Crippen molar-refractivity contribution in [1.82, 2.24) is 0 Å². The lowest BCUT2D eigenvalue weighted by Gasteiger charge is -2.19. The first-order valence-electron chi connectivity index (χ1n) is 5.93. The van der Waals surface area contributed by atoms with E-state index < -0.39 is 5.60 Å². The molecule has 0 radical (unpaired) electrons. The Bertz CT molecular complexity index is 380. The maximum absolute atomic E-state index is 11.5. The van der Waals surface area contributed by atoms with E-state index in [0.717, 1.165) is 24.1 Å². The molecular weight excluding hydrogens is 214 g/mol. The number of benzene rings is 1. The van der Waals surface area contributed by atoms with Gasteiger partial charge in [0.15, 0.2) is 0 Å². The van der Waals surface area contributed by atoms with Crippen LogP contribution in [0.15, 0.2) is 24.3 Å². The number of hydrogen-bond acceptors (Lipinski definition) is 3. The van der Waals surface area contributed by atoms with E-state index in [0.29, 0.717) is 6.42 Å². The molecular formula is C14H21NO2. The van der Waals surface area contributed by atoms with Crippen molar-refractivity contribution in [3.8, 4) is 0 Å². The van der Waals surface area contributed by atoms with Crippen LogP contribution in [-0.4, -0.2) is 11.6 Å². The van der Waals surface area contributed by atoms with Gasteiger partial charge in [-0.3, -0.25) is 4.79 Å². The summed E-state index contributed by atoms with van der Waals surface area (Å²) in [6, 6.07) is 7.75. The monoisotopic (exact) mass is 235 g/mol. The number of nitrogens with two attached hydrogens (primary N) is 1. The predicted molar refractivity (Wildman–Crippen MR) is 69.6 cm³/mol. The lowest BCUT2D eigenvalue weighted by Crippen LogP contribution is -2.23. The highest BCUT2D eigenvalue weighted by Gasteiger charge is 2.15. The summed E-state index contributed by atoms with van der Waals surface area (Å²) in [5.41, 5.74) is 7.21. The smallest absolute Gasteiger partial charge is 0.306 e. The number of ether oxygens (including phenoxy) is 1. The summed E-state index contributed by atoms with van der Waals surface area (Å²) < 4.78 is 5.24. The summed E-state index contributed by atoms with van der Waals surface area (Å²) in [5.74, 6) is -0.138. The Morgan fingerprint density at radius 3 is 2.65 bits per heavy atom. The quantitative estimate of drug-likeness (QED) is 0.645. The molecule has 0 aromatic heterocycles. The summed E-state index contributed by atoms with van der Waals surface area (Å²) in [4.78, 5) is 11.5. The molecule has 17 heavy (non-hydrogen) atoms. The first kappa shape index (κ1) is 13.6. The third kappa shape index (κ3) is 5.95. The second-order valence-electron chi connectivity index (χ2n) is 5.19. The highest BCUT2D eigenvalue weighted by atomic mass is 16.6. The van der Waals surface area contributed by atoms with Crippen LogP contribution in [0.3, 0.4) is 0 Å². The van der Waals surface area contributed by atoms with Gasteiger partial charge in [0.2, 0.25) is 0 Å². The molecule has 0 saturated heterocycles. The number of esters is 1. The molecule has 3 nitrogen and oxygen atoms in total. The number of carbonyl (C=O) groups is 1. The predicted octanol–water partition coefficient (Wildman–Crippen LogP) is 2.93. The average Bonchev–Trinajstić information content (AvgIpc) is 2.14. The van der Waals surface area contributed by atoms with Crippen molar-refractivity contribution in [2.45, 2.75) is 45.6 Å². The van der Waals surface area contributed by atoms with E-state index in [1.807, 2.05) is 45.0 Å². The minimum atomic E-state index is -0.395. The van der Waals surface area contributed by atoms with Crippen molar-refractivity contribution < 1.29 is 9.53 Å². The van der Waals surface area contributed by atoms with Gasteiger partial charge in [0, 0.05) is 12.1 Å². The fraction of sp³-hybridized carbons (Fsp3) is 0.500. The maximum Gasteiger partial charge on any atom is 0.306 e. The second kappa shape index (κ2) is 5.71. The number of carbonyl (C=O) groups excluding carboxylic acids is 1. The van der Waals surface area contributed by atoms with Crippen LogP contribution in [0, 0.1) is 0 Å². The van der Waals surface area contributed by atoms with Crippen molar-refractivity contribution in [3.63, 3.8) is 0 Å². The van der Waals surface area contributed by atoms with E-state index >= 15 is 0 Å². The van der Waals surface area contributed by atoms with Crippen LogP contribution in [-0.2, 0) is 16.0 Å². The molecule has 1 rings (SSSR count). The largest absolute Gasteiger partial charge is 0.460 e. The molecule has 1 aromatic carbocycles. The van der Waals surface area contributed by atoms with E-state index in [2.05, 4.69) is 0 Å². The Morgan fingerprint density at radius 2 is 2.06 bits per heavy atom. The Morgan fingerprint density at radius 1 is 1.35 bits per heavy atom. The zero-order valence-electron chi connectivity index (χ0n) is 10.8. The maximum atomic E-state index is 11.5. The number of aryl methyl sites for hydroxylation is 1. The SMILES string of the molecule is CC(C)(C)OC(=O)CCCc1cccc(N)c1. The lowest BCUT2D eigenvalue weighted by molar-refractivity contribution is -0.154. The molecule has 0 amide bonds. The number of hydrogen-bond donors (Lipinski definition) is 1. The van der Waals surface area contributed by atoms with E-state index in [-0.39, 0.29) is 5.97 Å². The van der Waals surface area contributed by atoms with Crippen LogP contribution in [0.2, 0.25) is 0 Å². The van der Waals surface area contributed by atoms with Gasteiger partial charge in [0.1, 0.15) is 5.60 Å². The molecule has 1 aromatic rings. The van der Waals surface area contributed by atoms with Crippen molar-refractivity contribution in [2.24, 2.45) is 0 Å². The van der Waals surface area contributed by atoms with Gasteiger partial charge in [-0.15, -0.1) is 0 Å². The zero-order valence-corrected chi connectivity index (χ0v) is 10.8.